The lowest BCUT2D eigenvalue weighted by molar-refractivity contribution is -0.115. The molecule has 1 amide bonds. The lowest BCUT2D eigenvalue weighted by atomic mass is 10.2. The molecule has 2 heterocycles. The first-order chi connectivity index (χ1) is 16.8. The molecular formula is C27H27N3O4S. The number of aliphatic imine (C=N–C) groups is 1. The Morgan fingerprint density at radius 2 is 1.86 bits per heavy atom. The van der Waals surface area contributed by atoms with Crippen molar-refractivity contribution < 1.29 is 19.1 Å². The summed E-state index contributed by atoms with van der Waals surface area (Å²) in [7, 11) is 1.60. The number of hydrogen-bond donors (Lipinski definition) is 1. The van der Waals surface area contributed by atoms with E-state index in [4.69, 9.17) is 9.47 Å². The predicted molar refractivity (Wildman–Crippen MR) is 140 cm³/mol. The number of carbonyl (C=O) groups is 2. The summed E-state index contributed by atoms with van der Waals surface area (Å²) in [5.41, 5.74) is 6.09. The third-order valence-electron chi connectivity index (χ3n) is 5.60. The van der Waals surface area contributed by atoms with Crippen LogP contribution in [0.3, 0.4) is 0 Å². The zero-order valence-corrected chi connectivity index (χ0v) is 21.2. The van der Waals surface area contributed by atoms with Gasteiger partial charge in [-0.05, 0) is 99.1 Å². The lowest BCUT2D eigenvalue weighted by Gasteiger charge is -2.10. The van der Waals surface area contributed by atoms with Crippen molar-refractivity contribution in [1.29, 1.82) is 0 Å². The van der Waals surface area contributed by atoms with Gasteiger partial charge in [0.05, 0.1) is 24.2 Å². The van der Waals surface area contributed by atoms with E-state index in [1.54, 1.807) is 26.2 Å². The number of esters is 1. The minimum Gasteiger partial charge on any atom is -0.494 e. The van der Waals surface area contributed by atoms with Gasteiger partial charge < -0.3 is 19.4 Å². The highest BCUT2D eigenvalue weighted by atomic mass is 32.2. The van der Waals surface area contributed by atoms with Gasteiger partial charge in [-0.2, -0.15) is 0 Å². The monoisotopic (exact) mass is 489 g/mol. The molecule has 0 radical (unpaired) electrons. The van der Waals surface area contributed by atoms with Crippen molar-refractivity contribution in [3.63, 3.8) is 0 Å². The predicted octanol–water partition coefficient (Wildman–Crippen LogP) is 5.48. The molecule has 1 saturated heterocycles. The van der Waals surface area contributed by atoms with E-state index < -0.39 is 0 Å². The number of aromatic nitrogens is 1. The average Bonchev–Trinajstić information content (AvgIpc) is 3.31. The van der Waals surface area contributed by atoms with Crippen LogP contribution >= 0.6 is 11.8 Å². The first-order valence-corrected chi connectivity index (χ1v) is 12.0. The molecular weight excluding hydrogens is 462 g/mol. The minimum atomic E-state index is -0.338. The number of amidine groups is 1. The van der Waals surface area contributed by atoms with Crippen molar-refractivity contribution in [2.75, 3.05) is 13.7 Å². The second-order valence-electron chi connectivity index (χ2n) is 8.09. The number of hydrogen-bond acceptors (Lipinski definition) is 6. The standard InChI is InChI=1S/C27H27N3O4S/c1-6-34-26(32)19-8-10-21(11-9-19)30-17(3)14-20(18(30)4)15-24-25(31)29-27(35-24)28-22-13-16(2)7-12-23(22)33-5/h7-15H,6H2,1-5H3,(H,28,29,31)/b24-15-. The van der Waals surface area contributed by atoms with Crippen LogP contribution in [0.15, 0.2) is 58.4 Å². The Labute approximate surface area is 208 Å². The molecule has 3 aromatic rings. The third-order valence-corrected chi connectivity index (χ3v) is 6.51. The fraction of sp³-hybridized carbons (Fsp3) is 0.222. The van der Waals surface area contributed by atoms with Crippen LogP contribution in [0.1, 0.15) is 39.8 Å². The van der Waals surface area contributed by atoms with Crippen LogP contribution in [0, 0.1) is 20.8 Å². The Hall–Kier alpha value is -3.78. The fourth-order valence-corrected chi connectivity index (χ4v) is 4.74. The molecule has 1 aliphatic heterocycles. The molecule has 180 valence electrons. The summed E-state index contributed by atoms with van der Waals surface area (Å²) in [6.45, 7) is 8.11. The Morgan fingerprint density at radius 1 is 1.11 bits per heavy atom. The van der Waals surface area contributed by atoms with Gasteiger partial charge in [-0.15, -0.1) is 0 Å². The smallest absolute Gasteiger partial charge is 0.338 e. The molecule has 2 aromatic carbocycles. The highest BCUT2D eigenvalue weighted by Gasteiger charge is 2.25. The van der Waals surface area contributed by atoms with Gasteiger partial charge in [-0.3, -0.25) is 4.79 Å². The lowest BCUT2D eigenvalue weighted by Crippen LogP contribution is -2.19. The van der Waals surface area contributed by atoms with E-state index in [1.165, 1.54) is 11.8 Å². The summed E-state index contributed by atoms with van der Waals surface area (Å²) in [4.78, 5) is 29.8. The molecule has 7 nitrogen and oxygen atoms in total. The molecule has 1 N–H and O–H groups in total. The van der Waals surface area contributed by atoms with E-state index in [1.807, 2.05) is 63.2 Å². The second kappa shape index (κ2) is 10.2. The average molecular weight is 490 g/mol. The summed E-state index contributed by atoms with van der Waals surface area (Å²) < 4.78 is 12.5. The van der Waals surface area contributed by atoms with Crippen LogP contribution in [-0.4, -0.2) is 35.3 Å². The maximum atomic E-state index is 12.7. The molecule has 1 aliphatic rings. The Bertz CT molecular complexity index is 1350. The molecule has 1 fully saturated rings. The van der Waals surface area contributed by atoms with Crippen molar-refractivity contribution in [3.8, 4) is 11.4 Å². The van der Waals surface area contributed by atoms with Gasteiger partial charge in [-0.1, -0.05) is 6.07 Å². The molecule has 0 atom stereocenters. The van der Waals surface area contributed by atoms with E-state index in [0.29, 0.717) is 33.7 Å². The Kier molecular flexibility index (Phi) is 7.12. The van der Waals surface area contributed by atoms with Crippen LogP contribution in [0.5, 0.6) is 5.75 Å². The fourth-order valence-electron chi connectivity index (χ4n) is 3.91. The van der Waals surface area contributed by atoms with Crippen molar-refractivity contribution in [3.05, 3.63) is 81.5 Å². The van der Waals surface area contributed by atoms with Gasteiger partial charge in [-0.25, -0.2) is 9.79 Å². The van der Waals surface area contributed by atoms with E-state index >= 15 is 0 Å². The van der Waals surface area contributed by atoms with Crippen molar-refractivity contribution in [1.82, 2.24) is 9.88 Å². The highest BCUT2D eigenvalue weighted by molar-refractivity contribution is 8.18. The molecule has 0 spiro atoms. The van der Waals surface area contributed by atoms with Gasteiger partial charge in [0.15, 0.2) is 5.17 Å². The zero-order valence-electron chi connectivity index (χ0n) is 20.3. The van der Waals surface area contributed by atoms with E-state index in [-0.39, 0.29) is 11.9 Å². The molecule has 1 aromatic heterocycles. The number of thioether (sulfide) groups is 1. The summed E-state index contributed by atoms with van der Waals surface area (Å²) in [6.07, 6.45) is 1.88. The quantitative estimate of drug-likeness (QED) is 0.366. The minimum absolute atomic E-state index is 0.191. The number of rotatable bonds is 6. The highest BCUT2D eigenvalue weighted by Crippen LogP contribution is 2.33. The number of benzene rings is 2. The van der Waals surface area contributed by atoms with Gasteiger partial charge in [0.25, 0.3) is 5.91 Å². The third kappa shape index (κ3) is 5.17. The number of aryl methyl sites for hydroxylation is 2. The van der Waals surface area contributed by atoms with Gasteiger partial charge >= 0.3 is 5.97 Å². The SMILES string of the molecule is CCOC(=O)c1ccc(-n2c(C)cc(/C=C3\SC(=Nc4cc(C)ccc4OC)NC3=O)c2C)cc1. The normalized spacial score (nSPS) is 15.5. The molecule has 0 unspecified atom stereocenters. The molecule has 8 heteroatoms. The zero-order chi connectivity index (χ0) is 25.1. The summed E-state index contributed by atoms with van der Waals surface area (Å²) in [5, 5.41) is 3.35. The van der Waals surface area contributed by atoms with Crippen LogP contribution in [0.2, 0.25) is 0 Å². The number of nitrogens with one attached hydrogen (secondary N) is 1. The van der Waals surface area contributed by atoms with Crippen LogP contribution < -0.4 is 10.1 Å². The number of ether oxygens (including phenoxy) is 2. The summed E-state index contributed by atoms with van der Waals surface area (Å²) in [5.74, 6) is 0.118. The molecule has 0 bridgehead atoms. The van der Waals surface area contributed by atoms with Crippen molar-refractivity contribution >= 4 is 40.6 Å². The number of methoxy groups -OCH3 is 1. The Morgan fingerprint density at radius 3 is 2.54 bits per heavy atom. The van der Waals surface area contributed by atoms with Gasteiger partial charge in [0.1, 0.15) is 11.4 Å². The van der Waals surface area contributed by atoms with Gasteiger partial charge in [0, 0.05) is 17.1 Å². The second-order valence-corrected chi connectivity index (χ2v) is 9.12. The maximum absolute atomic E-state index is 12.7. The number of nitrogens with zero attached hydrogens (tertiary/aromatic N) is 2. The molecule has 4 rings (SSSR count). The van der Waals surface area contributed by atoms with E-state index in [9.17, 15) is 9.59 Å². The van der Waals surface area contributed by atoms with Crippen molar-refractivity contribution in [2.45, 2.75) is 27.7 Å². The van der Waals surface area contributed by atoms with Gasteiger partial charge in [0.2, 0.25) is 0 Å². The molecule has 0 aliphatic carbocycles. The molecule has 0 saturated carbocycles. The van der Waals surface area contributed by atoms with E-state index in [0.717, 1.165) is 28.2 Å². The van der Waals surface area contributed by atoms with Crippen LogP contribution in [0.25, 0.3) is 11.8 Å². The Balaban J connectivity index is 1.60. The first-order valence-electron chi connectivity index (χ1n) is 11.2. The van der Waals surface area contributed by atoms with Crippen LogP contribution in [0.4, 0.5) is 5.69 Å². The number of carbonyl (C=O) groups excluding carboxylic acids is 2. The number of amides is 1. The molecule has 35 heavy (non-hydrogen) atoms. The largest absolute Gasteiger partial charge is 0.494 e. The first kappa shape index (κ1) is 24.3. The summed E-state index contributed by atoms with van der Waals surface area (Å²) in [6, 6.07) is 15.1. The topological polar surface area (TPSA) is 81.9 Å². The van der Waals surface area contributed by atoms with Crippen LogP contribution in [-0.2, 0) is 9.53 Å². The maximum Gasteiger partial charge on any atom is 0.338 e. The summed E-state index contributed by atoms with van der Waals surface area (Å²) >= 11 is 1.30. The van der Waals surface area contributed by atoms with Crippen molar-refractivity contribution in [2.24, 2.45) is 4.99 Å². The van der Waals surface area contributed by atoms with E-state index in [2.05, 4.69) is 14.9 Å².